The highest BCUT2D eigenvalue weighted by atomic mass is 16.5. The molecule has 2 aromatic carbocycles. The summed E-state index contributed by atoms with van der Waals surface area (Å²) in [7, 11) is 0. The monoisotopic (exact) mass is 464 g/mol. The Morgan fingerprint density at radius 3 is 2.65 bits per heavy atom. The second-order valence-corrected chi connectivity index (χ2v) is 7.92. The van der Waals surface area contributed by atoms with E-state index in [0.717, 1.165) is 44.0 Å². The maximum absolute atomic E-state index is 12.8. The largest absolute Gasteiger partial charge is 0.501 e. The van der Waals surface area contributed by atoms with E-state index in [1.807, 2.05) is 55.5 Å². The number of nitrogens with one attached hydrogen (secondary N) is 2. The topological polar surface area (TPSA) is 117 Å². The molecule has 4 rings (SSSR count). The molecule has 0 atom stereocenters. The number of morpholine rings is 1. The van der Waals surface area contributed by atoms with Gasteiger partial charge in [-0.25, -0.2) is 4.98 Å². The lowest BCUT2D eigenvalue weighted by Crippen LogP contribution is -2.35. The lowest BCUT2D eigenvalue weighted by molar-refractivity contribution is 0.0342. The smallest absolute Gasteiger partial charge is 0.294 e. The van der Waals surface area contributed by atoms with Crippen LogP contribution >= 0.6 is 0 Å². The van der Waals surface area contributed by atoms with Crippen LogP contribution < -0.4 is 15.6 Å². The van der Waals surface area contributed by atoms with Crippen LogP contribution in [0.25, 0.3) is 11.4 Å². The Kier molecular flexibility index (Phi) is 7.56. The molecule has 34 heavy (non-hydrogen) atoms. The highest BCUT2D eigenvalue weighted by molar-refractivity contribution is 5.95. The quantitative estimate of drug-likeness (QED) is 0.468. The van der Waals surface area contributed by atoms with E-state index in [1.54, 1.807) is 0 Å². The van der Waals surface area contributed by atoms with Crippen LogP contribution in [0.15, 0.2) is 53.3 Å². The number of aromatic amines is 1. The average Bonchev–Trinajstić information content (AvgIpc) is 2.86. The van der Waals surface area contributed by atoms with Crippen molar-refractivity contribution < 1.29 is 19.4 Å². The van der Waals surface area contributed by atoms with Gasteiger partial charge < -0.3 is 24.9 Å². The Hall–Kier alpha value is -3.69. The maximum atomic E-state index is 12.8. The summed E-state index contributed by atoms with van der Waals surface area (Å²) in [6.45, 7) is 6.59. The van der Waals surface area contributed by atoms with Gasteiger partial charge in [0.15, 0.2) is 5.69 Å². The third-order valence-electron chi connectivity index (χ3n) is 5.56. The number of amides is 1. The Morgan fingerprint density at radius 2 is 1.91 bits per heavy atom. The molecule has 1 saturated heterocycles. The molecule has 1 aliphatic heterocycles. The molecule has 178 valence electrons. The van der Waals surface area contributed by atoms with Crippen LogP contribution in [0, 0.1) is 0 Å². The summed E-state index contributed by atoms with van der Waals surface area (Å²) >= 11 is 0. The van der Waals surface area contributed by atoms with Crippen LogP contribution in [-0.4, -0.2) is 58.8 Å². The number of nitrogens with zero attached hydrogens (tertiary/aromatic N) is 2. The van der Waals surface area contributed by atoms with Crippen LogP contribution in [-0.2, 0) is 17.8 Å². The van der Waals surface area contributed by atoms with Crippen molar-refractivity contribution in [2.45, 2.75) is 20.0 Å². The normalized spacial score (nSPS) is 14.0. The number of H-pyrrole nitrogens is 1. The molecule has 3 N–H and O–H groups in total. The van der Waals surface area contributed by atoms with E-state index in [1.165, 1.54) is 0 Å². The van der Waals surface area contributed by atoms with Gasteiger partial charge in [0.05, 0.1) is 19.8 Å². The Balaban J connectivity index is 1.49. The number of carbonyl (C=O) groups is 1. The fourth-order valence-corrected chi connectivity index (χ4v) is 3.75. The first-order valence-electron chi connectivity index (χ1n) is 11.3. The van der Waals surface area contributed by atoms with Gasteiger partial charge in [0, 0.05) is 37.3 Å². The molecular formula is C25H28N4O5. The van der Waals surface area contributed by atoms with Crippen molar-refractivity contribution in [2.24, 2.45) is 0 Å². The average molecular weight is 465 g/mol. The number of rotatable bonds is 8. The number of carbonyl (C=O) groups excluding carboxylic acids is 1. The first-order valence-corrected chi connectivity index (χ1v) is 11.3. The van der Waals surface area contributed by atoms with E-state index >= 15 is 0 Å². The van der Waals surface area contributed by atoms with Gasteiger partial charge in [-0.15, -0.1) is 0 Å². The number of aromatic nitrogens is 2. The lowest BCUT2D eigenvalue weighted by atomic mass is 10.1. The molecule has 2 heterocycles. The predicted octanol–water partition coefficient (Wildman–Crippen LogP) is 2.30. The molecule has 1 amide bonds. The van der Waals surface area contributed by atoms with Crippen molar-refractivity contribution >= 4 is 5.91 Å². The fraction of sp³-hybridized carbons (Fsp3) is 0.320. The highest BCUT2D eigenvalue weighted by Crippen LogP contribution is 2.20. The first-order chi connectivity index (χ1) is 16.5. The molecule has 9 heteroatoms. The number of hydrogen-bond acceptors (Lipinski definition) is 7. The second-order valence-electron chi connectivity index (χ2n) is 7.92. The Morgan fingerprint density at radius 1 is 1.18 bits per heavy atom. The number of para-hydroxylation sites is 1. The van der Waals surface area contributed by atoms with Gasteiger partial charge in [-0.1, -0.05) is 42.5 Å². The summed E-state index contributed by atoms with van der Waals surface area (Å²) in [6.07, 6.45) is 0. The van der Waals surface area contributed by atoms with Crippen molar-refractivity contribution in [1.82, 2.24) is 20.2 Å². The third kappa shape index (κ3) is 5.62. The van der Waals surface area contributed by atoms with Gasteiger partial charge in [0.2, 0.25) is 5.75 Å². The van der Waals surface area contributed by atoms with E-state index in [2.05, 4.69) is 20.2 Å². The van der Waals surface area contributed by atoms with Gasteiger partial charge in [0.1, 0.15) is 11.6 Å². The fourth-order valence-electron chi connectivity index (χ4n) is 3.75. The summed E-state index contributed by atoms with van der Waals surface area (Å²) < 4.78 is 11.0. The van der Waals surface area contributed by atoms with Crippen molar-refractivity contribution in [1.29, 1.82) is 0 Å². The van der Waals surface area contributed by atoms with E-state index < -0.39 is 17.2 Å². The maximum Gasteiger partial charge on any atom is 0.294 e. The SMILES string of the molecule is CCOc1ccccc1CNC(=O)c1nc(-c2ccc(CN3CCOCC3)cc2)[nH]c(=O)c1O. The molecule has 0 spiro atoms. The lowest BCUT2D eigenvalue weighted by Gasteiger charge is -2.26. The van der Waals surface area contributed by atoms with Gasteiger partial charge >= 0.3 is 0 Å². The predicted molar refractivity (Wildman–Crippen MR) is 127 cm³/mol. The molecular weight excluding hydrogens is 436 g/mol. The van der Waals surface area contributed by atoms with Gasteiger partial charge in [-0.2, -0.15) is 0 Å². The summed E-state index contributed by atoms with van der Waals surface area (Å²) in [5, 5.41) is 12.9. The molecule has 0 saturated carbocycles. The van der Waals surface area contributed by atoms with Gasteiger partial charge in [-0.05, 0) is 18.6 Å². The second kappa shape index (κ2) is 11.0. The van der Waals surface area contributed by atoms with Crippen LogP contribution in [0.5, 0.6) is 11.5 Å². The van der Waals surface area contributed by atoms with Gasteiger partial charge in [0.25, 0.3) is 11.5 Å². The molecule has 1 aromatic heterocycles. The standard InChI is InChI=1S/C25H28N4O5/c1-2-34-20-6-4-3-5-19(20)15-26-24(31)21-22(30)25(32)28-23(27-21)18-9-7-17(8-10-18)16-29-11-13-33-14-12-29/h3-10,30H,2,11-16H2,1H3,(H,26,31)(H,27,28,32). The summed E-state index contributed by atoms with van der Waals surface area (Å²) in [5.74, 6) is -0.504. The molecule has 0 radical (unpaired) electrons. The number of ether oxygens (including phenoxy) is 2. The van der Waals surface area contributed by atoms with Crippen LogP contribution in [0.4, 0.5) is 0 Å². The molecule has 0 bridgehead atoms. The number of hydrogen-bond donors (Lipinski definition) is 3. The molecule has 9 nitrogen and oxygen atoms in total. The number of benzene rings is 2. The minimum atomic E-state index is -0.776. The highest BCUT2D eigenvalue weighted by Gasteiger charge is 2.19. The summed E-state index contributed by atoms with van der Waals surface area (Å²) in [6, 6.07) is 14.9. The molecule has 0 unspecified atom stereocenters. The van der Waals surface area contributed by atoms with E-state index in [9.17, 15) is 14.7 Å². The zero-order valence-electron chi connectivity index (χ0n) is 19.0. The Labute approximate surface area is 197 Å². The molecule has 0 aliphatic carbocycles. The van der Waals surface area contributed by atoms with Crippen LogP contribution in [0.1, 0.15) is 28.5 Å². The summed E-state index contributed by atoms with van der Waals surface area (Å²) in [4.78, 5) is 34.2. The molecule has 1 fully saturated rings. The van der Waals surface area contributed by atoms with Crippen LogP contribution in [0.2, 0.25) is 0 Å². The van der Waals surface area contributed by atoms with Crippen molar-refractivity contribution in [3.05, 3.63) is 75.7 Å². The summed E-state index contributed by atoms with van der Waals surface area (Å²) in [5.41, 5.74) is 1.43. The van der Waals surface area contributed by atoms with Crippen molar-refractivity contribution in [3.8, 4) is 22.9 Å². The third-order valence-corrected chi connectivity index (χ3v) is 5.56. The van der Waals surface area contributed by atoms with E-state index in [4.69, 9.17) is 9.47 Å². The molecule has 3 aromatic rings. The first kappa shape index (κ1) is 23.5. The van der Waals surface area contributed by atoms with Crippen molar-refractivity contribution in [3.63, 3.8) is 0 Å². The van der Waals surface area contributed by atoms with Crippen LogP contribution in [0.3, 0.4) is 0 Å². The number of aromatic hydroxyl groups is 1. The zero-order chi connectivity index (χ0) is 23.9. The van der Waals surface area contributed by atoms with Crippen molar-refractivity contribution in [2.75, 3.05) is 32.9 Å². The molecule has 1 aliphatic rings. The zero-order valence-corrected chi connectivity index (χ0v) is 19.0. The van der Waals surface area contributed by atoms with E-state index in [0.29, 0.717) is 17.9 Å². The van der Waals surface area contributed by atoms with Gasteiger partial charge in [-0.3, -0.25) is 14.5 Å². The van der Waals surface area contributed by atoms with E-state index in [-0.39, 0.29) is 18.1 Å². The Bertz CT molecular complexity index is 1190. The minimum absolute atomic E-state index is 0.161. The minimum Gasteiger partial charge on any atom is -0.501 e.